The number of carbonyl (C=O) groups is 2. The van der Waals surface area contributed by atoms with E-state index in [1.807, 2.05) is 0 Å². The number of urea groups is 1. The first-order valence-electron chi connectivity index (χ1n) is 9.12. The minimum atomic E-state index is -0.0488. The second-order valence-electron chi connectivity index (χ2n) is 7.02. The summed E-state index contributed by atoms with van der Waals surface area (Å²) in [5.74, 6) is 0.830. The van der Waals surface area contributed by atoms with Crippen molar-refractivity contribution < 1.29 is 14.3 Å². The molecule has 2 rings (SSSR count). The van der Waals surface area contributed by atoms with Crippen molar-refractivity contribution in [2.45, 2.75) is 38.6 Å². The van der Waals surface area contributed by atoms with Crippen LogP contribution in [0.5, 0.6) is 0 Å². The summed E-state index contributed by atoms with van der Waals surface area (Å²) in [6.45, 7) is 6.54. The molecule has 2 atom stereocenters. The van der Waals surface area contributed by atoms with Gasteiger partial charge in [0.25, 0.3) is 0 Å². The molecular weight excluding hydrogens is 308 g/mol. The lowest BCUT2D eigenvalue weighted by Crippen LogP contribution is -2.54. The Morgan fingerprint density at radius 1 is 1.17 bits per heavy atom. The summed E-state index contributed by atoms with van der Waals surface area (Å²) in [6, 6.07) is 0.293. The minimum Gasteiger partial charge on any atom is -0.383 e. The van der Waals surface area contributed by atoms with Crippen LogP contribution in [-0.4, -0.2) is 80.8 Å². The van der Waals surface area contributed by atoms with Crippen LogP contribution in [0.4, 0.5) is 4.79 Å². The van der Waals surface area contributed by atoms with Gasteiger partial charge in [0.2, 0.25) is 5.91 Å². The highest BCUT2D eigenvalue weighted by atomic mass is 16.5. The van der Waals surface area contributed by atoms with Gasteiger partial charge in [-0.05, 0) is 18.8 Å². The van der Waals surface area contributed by atoms with E-state index < -0.39 is 0 Å². The van der Waals surface area contributed by atoms with E-state index in [9.17, 15) is 9.59 Å². The molecule has 1 aliphatic heterocycles. The van der Waals surface area contributed by atoms with Crippen LogP contribution < -0.4 is 10.6 Å². The number of amides is 3. The summed E-state index contributed by atoms with van der Waals surface area (Å²) in [7, 11) is 1.62. The highest BCUT2D eigenvalue weighted by Crippen LogP contribution is 2.23. The van der Waals surface area contributed by atoms with Crippen LogP contribution in [-0.2, 0) is 9.53 Å². The molecule has 3 amide bonds. The van der Waals surface area contributed by atoms with Crippen molar-refractivity contribution in [2.75, 3.05) is 53.0 Å². The third kappa shape index (κ3) is 6.28. The van der Waals surface area contributed by atoms with Gasteiger partial charge in [0.05, 0.1) is 13.2 Å². The maximum absolute atomic E-state index is 12.2. The Labute approximate surface area is 145 Å². The summed E-state index contributed by atoms with van der Waals surface area (Å²) >= 11 is 0. The summed E-state index contributed by atoms with van der Waals surface area (Å²) in [5, 5.41) is 6.01. The van der Waals surface area contributed by atoms with Crippen LogP contribution in [0.2, 0.25) is 0 Å². The van der Waals surface area contributed by atoms with Gasteiger partial charge < -0.3 is 20.3 Å². The summed E-state index contributed by atoms with van der Waals surface area (Å²) in [5.41, 5.74) is 0. The Morgan fingerprint density at radius 2 is 1.92 bits per heavy atom. The maximum Gasteiger partial charge on any atom is 0.317 e. The van der Waals surface area contributed by atoms with E-state index in [0.717, 1.165) is 25.9 Å². The number of hydrogen-bond acceptors (Lipinski definition) is 4. The number of hydrogen-bond donors (Lipinski definition) is 2. The van der Waals surface area contributed by atoms with E-state index in [1.165, 1.54) is 12.8 Å². The van der Waals surface area contributed by atoms with E-state index in [4.69, 9.17) is 4.74 Å². The highest BCUT2D eigenvalue weighted by Gasteiger charge is 2.24. The summed E-state index contributed by atoms with van der Waals surface area (Å²) < 4.78 is 4.92. The molecule has 0 aromatic heterocycles. The molecular formula is C17H32N4O3. The molecule has 138 valence electrons. The topological polar surface area (TPSA) is 73.9 Å². The Balaban J connectivity index is 1.63. The summed E-state index contributed by atoms with van der Waals surface area (Å²) in [6.07, 6.45) is 4.69. The van der Waals surface area contributed by atoms with Crippen molar-refractivity contribution in [3.05, 3.63) is 0 Å². The molecule has 0 aromatic rings. The third-order valence-electron chi connectivity index (χ3n) is 4.91. The van der Waals surface area contributed by atoms with Gasteiger partial charge in [-0.15, -0.1) is 0 Å². The SMILES string of the molecule is COCCNC(=O)N1CCN(CC(=O)N[C@H]2CCC[C@H](C)C2)CC1. The van der Waals surface area contributed by atoms with E-state index >= 15 is 0 Å². The molecule has 0 bridgehead atoms. The molecule has 7 nitrogen and oxygen atoms in total. The number of piperazine rings is 1. The minimum absolute atomic E-state index is 0.0488. The van der Waals surface area contributed by atoms with Crippen molar-refractivity contribution in [3.8, 4) is 0 Å². The van der Waals surface area contributed by atoms with Gasteiger partial charge in [-0.3, -0.25) is 9.69 Å². The summed E-state index contributed by atoms with van der Waals surface area (Å²) in [4.78, 5) is 28.1. The van der Waals surface area contributed by atoms with Crippen molar-refractivity contribution >= 4 is 11.9 Å². The number of methoxy groups -OCH3 is 1. The van der Waals surface area contributed by atoms with E-state index in [-0.39, 0.29) is 11.9 Å². The first-order chi connectivity index (χ1) is 11.6. The molecule has 7 heteroatoms. The van der Waals surface area contributed by atoms with E-state index in [2.05, 4.69) is 22.5 Å². The number of nitrogens with one attached hydrogen (secondary N) is 2. The second-order valence-corrected chi connectivity index (χ2v) is 7.02. The number of ether oxygens (including phenoxy) is 1. The molecule has 1 saturated carbocycles. The number of nitrogens with zero attached hydrogens (tertiary/aromatic N) is 2. The van der Waals surface area contributed by atoms with E-state index in [1.54, 1.807) is 12.0 Å². The molecule has 1 aliphatic carbocycles. The average molecular weight is 340 g/mol. The standard InChI is InChI=1S/C17H32N4O3/c1-14-4-3-5-15(12-14)19-16(22)13-20-7-9-21(10-8-20)17(23)18-6-11-24-2/h14-15H,3-13H2,1-2H3,(H,18,23)(H,19,22)/t14-,15-/m0/s1. The number of carbonyl (C=O) groups excluding carboxylic acids is 2. The molecule has 2 fully saturated rings. The quantitative estimate of drug-likeness (QED) is 0.697. The van der Waals surface area contributed by atoms with Gasteiger partial charge in [-0.2, -0.15) is 0 Å². The van der Waals surface area contributed by atoms with Gasteiger partial charge in [-0.1, -0.05) is 19.8 Å². The van der Waals surface area contributed by atoms with Crippen molar-refractivity contribution in [3.63, 3.8) is 0 Å². The fraction of sp³-hybridized carbons (Fsp3) is 0.882. The zero-order chi connectivity index (χ0) is 17.4. The first kappa shape index (κ1) is 19.0. The third-order valence-corrected chi connectivity index (χ3v) is 4.91. The average Bonchev–Trinajstić information content (AvgIpc) is 2.55. The smallest absolute Gasteiger partial charge is 0.317 e. The largest absolute Gasteiger partial charge is 0.383 e. The number of rotatable bonds is 6. The van der Waals surface area contributed by atoms with Gasteiger partial charge in [0.15, 0.2) is 0 Å². The van der Waals surface area contributed by atoms with E-state index in [0.29, 0.717) is 44.7 Å². The van der Waals surface area contributed by atoms with Crippen LogP contribution in [0, 0.1) is 5.92 Å². The van der Waals surface area contributed by atoms with Crippen LogP contribution in [0.1, 0.15) is 32.6 Å². The monoisotopic (exact) mass is 340 g/mol. The molecule has 0 radical (unpaired) electrons. The van der Waals surface area contributed by atoms with Gasteiger partial charge in [-0.25, -0.2) is 4.79 Å². The maximum atomic E-state index is 12.2. The Kier molecular flexibility index (Phi) is 7.78. The van der Waals surface area contributed by atoms with Crippen molar-refractivity contribution in [1.29, 1.82) is 0 Å². The molecule has 24 heavy (non-hydrogen) atoms. The van der Waals surface area contributed by atoms with Gasteiger partial charge in [0.1, 0.15) is 0 Å². The molecule has 1 saturated heterocycles. The van der Waals surface area contributed by atoms with Crippen molar-refractivity contribution in [2.24, 2.45) is 5.92 Å². The lowest BCUT2D eigenvalue weighted by atomic mass is 9.87. The van der Waals surface area contributed by atoms with Crippen LogP contribution in [0.25, 0.3) is 0 Å². The van der Waals surface area contributed by atoms with Crippen LogP contribution >= 0.6 is 0 Å². The molecule has 0 unspecified atom stereocenters. The Hall–Kier alpha value is -1.34. The predicted octanol–water partition coefficient (Wildman–Crippen LogP) is 0.655. The van der Waals surface area contributed by atoms with Crippen LogP contribution in [0.15, 0.2) is 0 Å². The van der Waals surface area contributed by atoms with Crippen molar-refractivity contribution in [1.82, 2.24) is 20.4 Å². The Morgan fingerprint density at radius 3 is 2.58 bits per heavy atom. The predicted molar refractivity (Wildman–Crippen MR) is 92.9 cm³/mol. The first-order valence-corrected chi connectivity index (χ1v) is 9.12. The second kappa shape index (κ2) is 9.84. The lowest BCUT2D eigenvalue weighted by molar-refractivity contribution is -0.123. The molecule has 1 heterocycles. The lowest BCUT2D eigenvalue weighted by Gasteiger charge is -2.35. The normalized spacial score (nSPS) is 25.3. The van der Waals surface area contributed by atoms with Gasteiger partial charge in [0, 0.05) is 45.9 Å². The molecule has 0 spiro atoms. The molecule has 2 aliphatic rings. The van der Waals surface area contributed by atoms with Crippen LogP contribution in [0.3, 0.4) is 0 Å². The molecule has 0 aromatic carbocycles. The fourth-order valence-corrected chi connectivity index (χ4v) is 3.52. The zero-order valence-electron chi connectivity index (χ0n) is 15.1. The zero-order valence-corrected chi connectivity index (χ0v) is 15.1. The van der Waals surface area contributed by atoms with Gasteiger partial charge >= 0.3 is 6.03 Å². The Bertz CT molecular complexity index is 411. The fourth-order valence-electron chi connectivity index (χ4n) is 3.52. The molecule has 2 N–H and O–H groups in total. The highest BCUT2D eigenvalue weighted by molar-refractivity contribution is 5.78.